The molecule has 1 aliphatic heterocycles. The van der Waals surface area contributed by atoms with E-state index in [9.17, 15) is 4.79 Å². The lowest BCUT2D eigenvalue weighted by Gasteiger charge is -2.36. The molecule has 22 heavy (non-hydrogen) atoms. The van der Waals surface area contributed by atoms with Crippen LogP contribution < -0.4 is 10.6 Å². The molecular formula is C16H26N4O2. The molecule has 1 fully saturated rings. The van der Waals surface area contributed by atoms with Gasteiger partial charge in [-0.25, -0.2) is 9.78 Å². The highest BCUT2D eigenvalue weighted by Crippen LogP contribution is 2.18. The van der Waals surface area contributed by atoms with Crippen molar-refractivity contribution in [1.29, 1.82) is 0 Å². The summed E-state index contributed by atoms with van der Waals surface area (Å²) in [6, 6.07) is 5.81. The Hall–Kier alpha value is -1.82. The molecule has 122 valence electrons. The first-order chi connectivity index (χ1) is 10.3. The highest BCUT2D eigenvalue weighted by Gasteiger charge is 2.26. The van der Waals surface area contributed by atoms with Crippen molar-refractivity contribution in [2.45, 2.75) is 39.3 Å². The van der Waals surface area contributed by atoms with Crippen molar-refractivity contribution in [3.05, 3.63) is 23.9 Å². The minimum atomic E-state index is -0.457. The summed E-state index contributed by atoms with van der Waals surface area (Å²) in [4.78, 5) is 20.6. The summed E-state index contributed by atoms with van der Waals surface area (Å²) in [7, 11) is 0. The molecule has 2 rings (SSSR count). The summed E-state index contributed by atoms with van der Waals surface area (Å²) >= 11 is 0. The molecule has 1 amide bonds. The third-order valence-electron chi connectivity index (χ3n) is 3.48. The van der Waals surface area contributed by atoms with Crippen molar-refractivity contribution in [2.75, 3.05) is 31.1 Å². The lowest BCUT2D eigenvalue weighted by molar-refractivity contribution is 0.0240. The van der Waals surface area contributed by atoms with Gasteiger partial charge in [-0.15, -0.1) is 0 Å². The number of hydrogen-bond acceptors (Lipinski definition) is 5. The second-order valence-corrected chi connectivity index (χ2v) is 6.66. The number of anilines is 1. The average molecular weight is 306 g/mol. The van der Waals surface area contributed by atoms with Gasteiger partial charge in [-0.1, -0.05) is 6.07 Å². The van der Waals surface area contributed by atoms with E-state index in [-0.39, 0.29) is 12.1 Å². The van der Waals surface area contributed by atoms with Crippen LogP contribution in [0.5, 0.6) is 0 Å². The molecule has 6 heteroatoms. The largest absolute Gasteiger partial charge is 0.444 e. The zero-order valence-corrected chi connectivity index (χ0v) is 13.9. The summed E-state index contributed by atoms with van der Waals surface area (Å²) in [6.45, 7) is 10.3. The minimum Gasteiger partial charge on any atom is -0.444 e. The molecule has 0 aliphatic carbocycles. The van der Waals surface area contributed by atoms with E-state index in [0.29, 0.717) is 13.1 Å². The molecule has 1 atom stereocenters. The lowest BCUT2D eigenvalue weighted by atomic mass is 10.2. The summed E-state index contributed by atoms with van der Waals surface area (Å²) in [6.07, 6.45) is -0.246. The Kier molecular flexibility index (Phi) is 4.90. The Morgan fingerprint density at radius 3 is 2.45 bits per heavy atom. The highest BCUT2D eigenvalue weighted by molar-refractivity contribution is 5.68. The van der Waals surface area contributed by atoms with Crippen LogP contribution in [0.1, 0.15) is 39.4 Å². The van der Waals surface area contributed by atoms with E-state index in [1.54, 1.807) is 4.90 Å². The summed E-state index contributed by atoms with van der Waals surface area (Å²) < 4.78 is 5.41. The van der Waals surface area contributed by atoms with Crippen LogP contribution in [0.3, 0.4) is 0 Å². The molecule has 0 spiro atoms. The smallest absolute Gasteiger partial charge is 0.410 e. The van der Waals surface area contributed by atoms with Gasteiger partial charge in [0, 0.05) is 32.2 Å². The van der Waals surface area contributed by atoms with Crippen molar-refractivity contribution in [3.63, 3.8) is 0 Å². The maximum absolute atomic E-state index is 12.1. The van der Waals surface area contributed by atoms with Gasteiger partial charge in [0.15, 0.2) is 0 Å². The summed E-state index contributed by atoms with van der Waals surface area (Å²) in [5.74, 6) is 0.915. The number of hydrogen-bond donors (Lipinski definition) is 1. The van der Waals surface area contributed by atoms with E-state index >= 15 is 0 Å². The quantitative estimate of drug-likeness (QED) is 0.906. The van der Waals surface area contributed by atoms with Gasteiger partial charge in [-0.2, -0.15) is 0 Å². The molecule has 6 nitrogen and oxygen atoms in total. The van der Waals surface area contributed by atoms with Crippen molar-refractivity contribution in [3.8, 4) is 0 Å². The molecule has 0 saturated carbocycles. The Morgan fingerprint density at radius 2 is 1.91 bits per heavy atom. The Bertz CT molecular complexity index is 517. The van der Waals surface area contributed by atoms with Crippen LogP contribution in [0, 0.1) is 0 Å². The van der Waals surface area contributed by atoms with Gasteiger partial charge >= 0.3 is 6.09 Å². The Morgan fingerprint density at radius 1 is 1.27 bits per heavy atom. The van der Waals surface area contributed by atoms with Gasteiger partial charge in [0.1, 0.15) is 11.4 Å². The fourth-order valence-electron chi connectivity index (χ4n) is 2.31. The van der Waals surface area contributed by atoms with Gasteiger partial charge < -0.3 is 20.3 Å². The fourth-order valence-corrected chi connectivity index (χ4v) is 2.31. The summed E-state index contributed by atoms with van der Waals surface area (Å²) in [5, 5.41) is 0. The molecule has 1 aliphatic rings. The van der Waals surface area contributed by atoms with Crippen LogP contribution in [0.2, 0.25) is 0 Å². The predicted molar refractivity (Wildman–Crippen MR) is 86.9 cm³/mol. The normalized spacial score (nSPS) is 17.3. The topological polar surface area (TPSA) is 71.7 Å². The van der Waals surface area contributed by atoms with Crippen LogP contribution in [0.4, 0.5) is 10.6 Å². The molecule has 0 bridgehead atoms. The molecule has 2 N–H and O–H groups in total. The number of pyridine rings is 1. The molecule has 1 saturated heterocycles. The van der Waals surface area contributed by atoms with Crippen molar-refractivity contribution >= 4 is 11.9 Å². The first kappa shape index (κ1) is 16.5. The van der Waals surface area contributed by atoms with Crippen LogP contribution in [0.25, 0.3) is 0 Å². The molecule has 0 aromatic carbocycles. The predicted octanol–water partition coefficient (Wildman–Crippen LogP) is 2.16. The van der Waals surface area contributed by atoms with Gasteiger partial charge in [-0.05, 0) is 39.8 Å². The third kappa shape index (κ3) is 4.34. The Labute approximate surface area is 132 Å². The first-order valence-corrected chi connectivity index (χ1v) is 7.72. The highest BCUT2D eigenvalue weighted by atomic mass is 16.6. The van der Waals surface area contributed by atoms with Gasteiger partial charge in [0.05, 0.1) is 5.69 Å². The van der Waals surface area contributed by atoms with E-state index in [1.165, 1.54) is 0 Å². The van der Waals surface area contributed by atoms with Gasteiger partial charge in [-0.3, -0.25) is 0 Å². The standard InChI is InChI=1S/C16H26N4O2/c1-12(17)13-6-5-7-14(18-13)19-8-10-20(11-9-19)15(21)22-16(2,3)4/h5-7,12H,8-11,17H2,1-4H3/t12-/m0/s1. The van der Waals surface area contributed by atoms with Crippen molar-refractivity contribution in [2.24, 2.45) is 5.73 Å². The van der Waals surface area contributed by atoms with E-state index in [1.807, 2.05) is 45.9 Å². The second kappa shape index (κ2) is 6.52. The number of rotatable bonds is 2. The average Bonchev–Trinajstić information content (AvgIpc) is 2.46. The molecule has 0 radical (unpaired) electrons. The van der Waals surface area contributed by atoms with Crippen LogP contribution in [0.15, 0.2) is 18.2 Å². The number of nitrogens with two attached hydrogens (primary N) is 1. The molecular weight excluding hydrogens is 280 g/mol. The van der Waals surface area contributed by atoms with E-state index in [4.69, 9.17) is 10.5 Å². The number of piperazine rings is 1. The van der Waals surface area contributed by atoms with Gasteiger partial charge in [0.25, 0.3) is 0 Å². The maximum atomic E-state index is 12.1. The number of aromatic nitrogens is 1. The van der Waals surface area contributed by atoms with Crippen LogP contribution in [-0.2, 0) is 4.74 Å². The molecule has 2 heterocycles. The third-order valence-corrected chi connectivity index (χ3v) is 3.48. The minimum absolute atomic E-state index is 0.0806. The fraction of sp³-hybridized carbons (Fsp3) is 0.625. The van der Waals surface area contributed by atoms with Crippen molar-refractivity contribution < 1.29 is 9.53 Å². The zero-order chi connectivity index (χ0) is 16.3. The number of carbonyl (C=O) groups excluding carboxylic acids is 1. The SMILES string of the molecule is C[C@H](N)c1cccc(N2CCN(C(=O)OC(C)(C)C)CC2)n1. The lowest BCUT2D eigenvalue weighted by Crippen LogP contribution is -2.50. The zero-order valence-electron chi connectivity index (χ0n) is 13.9. The first-order valence-electron chi connectivity index (χ1n) is 7.72. The summed E-state index contributed by atoms with van der Waals surface area (Å²) in [5.41, 5.74) is 6.31. The molecule has 1 aromatic heterocycles. The van der Waals surface area contributed by atoms with Crippen molar-refractivity contribution in [1.82, 2.24) is 9.88 Å². The molecule has 1 aromatic rings. The number of nitrogens with zero attached hydrogens (tertiary/aromatic N) is 3. The number of amides is 1. The van der Waals surface area contributed by atoms with E-state index in [0.717, 1.165) is 24.6 Å². The number of ether oxygens (including phenoxy) is 1. The van der Waals surface area contributed by atoms with Crippen LogP contribution in [-0.4, -0.2) is 47.8 Å². The monoisotopic (exact) mass is 306 g/mol. The molecule has 0 unspecified atom stereocenters. The van der Waals surface area contributed by atoms with E-state index < -0.39 is 5.60 Å². The van der Waals surface area contributed by atoms with Crippen LogP contribution >= 0.6 is 0 Å². The second-order valence-electron chi connectivity index (χ2n) is 6.66. The van der Waals surface area contributed by atoms with Gasteiger partial charge in [0.2, 0.25) is 0 Å². The maximum Gasteiger partial charge on any atom is 0.410 e. The van der Waals surface area contributed by atoms with E-state index in [2.05, 4.69) is 9.88 Å². The Balaban J connectivity index is 1.95. The number of carbonyl (C=O) groups is 1.